The second kappa shape index (κ2) is 6.18. The fourth-order valence-corrected chi connectivity index (χ4v) is 2.82. The number of anilines is 2. The molecule has 1 aromatic heterocycles. The van der Waals surface area contributed by atoms with Gasteiger partial charge in [-0.1, -0.05) is 13.8 Å². The van der Waals surface area contributed by atoms with Crippen molar-refractivity contribution in [3.05, 3.63) is 11.4 Å². The van der Waals surface area contributed by atoms with E-state index in [1.807, 2.05) is 7.05 Å². The molecule has 0 atom stereocenters. The maximum atomic E-state index is 4.72. The van der Waals surface area contributed by atoms with E-state index >= 15 is 0 Å². The van der Waals surface area contributed by atoms with E-state index in [1.165, 1.54) is 19.3 Å². The second-order valence-corrected chi connectivity index (χ2v) is 6.63. The maximum Gasteiger partial charge on any atom is 0.135 e. The van der Waals surface area contributed by atoms with Crippen molar-refractivity contribution in [2.45, 2.75) is 51.5 Å². The quantitative estimate of drug-likeness (QED) is 0.844. The highest BCUT2D eigenvalue weighted by Crippen LogP contribution is 2.36. The Morgan fingerprint density at radius 1 is 1.19 bits per heavy atom. The van der Waals surface area contributed by atoms with Crippen molar-refractivity contribution in [1.29, 1.82) is 0 Å². The summed E-state index contributed by atoms with van der Waals surface area (Å²) in [6, 6.07) is 0. The fraction of sp³-hybridized carbons (Fsp3) is 0.750. The standard InChI is InChI=1S/C16H29N5/c1-11(2)13-19-14(17-4)12(3)15(20-13)18-10-16(21(5)6)8-7-9-16/h11H,7-10H2,1-6H3,(H2,17,18,19,20). The Morgan fingerprint density at radius 3 is 2.24 bits per heavy atom. The number of rotatable bonds is 6. The molecule has 0 amide bonds. The normalized spacial score (nSPS) is 17.0. The third-order valence-corrected chi connectivity index (χ3v) is 4.73. The Hall–Kier alpha value is -1.36. The average molecular weight is 291 g/mol. The van der Waals surface area contributed by atoms with E-state index < -0.39 is 0 Å². The van der Waals surface area contributed by atoms with Crippen LogP contribution in [0.3, 0.4) is 0 Å². The molecule has 2 rings (SSSR count). The van der Waals surface area contributed by atoms with Gasteiger partial charge in [0.2, 0.25) is 0 Å². The first-order valence-corrected chi connectivity index (χ1v) is 7.87. The molecule has 0 radical (unpaired) electrons. The Labute approximate surface area is 128 Å². The molecule has 1 saturated carbocycles. The highest BCUT2D eigenvalue weighted by molar-refractivity contribution is 5.57. The molecule has 21 heavy (non-hydrogen) atoms. The lowest BCUT2D eigenvalue weighted by Gasteiger charge is -2.47. The molecule has 0 spiro atoms. The molecule has 5 heteroatoms. The van der Waals surface area contributed by atoms with E-state index in [9.17, 15) is 0 Å². The van der Waals surface area contributed by atoms with Gasteiger partial charge in [-0.15, -0.1) is 0 Å². The Bertz CT molecular complexity index is 492. The lowest BCUT2D eigenvalue weighted by atomic mass is 9.75. The van der Waals surface area contributed by atoms with E-state index in [1.54, 1.807) is 0 Å². The summed E-state index contributed by atoms with van der Waals surface area (Å²) in [7, 11) is 6.26. The number of nitrogens with zero attached hydrogens (tertiary/aromatic N) is 3. The van der Waals surface area contributed by atoms with E-state index in [2.05, 4.69) is 55.4 Å². The minimum Gasteiger partial charge on any atom is -0.373 e. The lowest BCUT2D eigenvalue weighted by Crippen LogP contribution is -2.54. The van der Waals surface area contributed by atoms with Crippen LogP contribution in [0, 0.1) is 6.92 Å². The number of likely N-dealkylation sites (N-methyl/N-ethyl adjacent to an activating group) is 1. The molecule has 2 N–H and O–H groups in total. The van der Waals surface area contributed by atoms with E-state index in [0.29, 0.717) is 5.92 Å². The van der Waals surface area contributed by atoms with Crippen LogP contribution in [0.15, 0.2) is 0 Å². The third kappa shape index (κ3) is 3.12. The van der Waals surface area contributed by atoms with Crippen LogP contribution in [0.2, 0.25) is 0 Å². The van der Waals surface area contributed by atoms with Crippen LogP contribution in [-0.2, 0) is 0 Å². The van der Waals surface area contributed by atoms with Gasteiger partial charge in [-0.2, -0.15) is 0 Å². The Kier molecular flexibility index (Phi) is 4.71. The molecule has 5 nitrogen and oxygen atoms in total. The summed E-state index contributed by atoms with van der Waals surface area (Å²) >= 11 is 0. The second-order valence-electron chi connectivity index (χ2n) is 6.63. The predicted octanol–water partition coefficient (Wildman–Crippen LogP) is 2.85. The summed E-state index contributed by atoms with van der Waals surface area (Å²) in [5, 5.41) is 6.75. The first-order valence-electron chi connectivity index (χ1n) is 7.87. The average Bonchev–Trinajstić information content (AvgIpc) is 2.38. The van der Waals surface area contributed by atoms with E-state index in [-0.39, 0.29) is 5.54 Å². The van der Waals surface area contributed by atoms with Crippen LogP contribution in [-0.4, -0.2) is 48.1 Å². The topological polar surface area (TPSA) is 53.1 Å². The number of hydrogen-bond acceptors (Lipinski definition) is 5. The number of hydrogen-bond donors (Lipinski definition) is 2. The highest BCUT2D eigenvalue weighted by Gasteiger charge is 2.38. The summed E-state index contributed by atoms with van der Waals surface area (Å²) in [6.07, 6.45) is 3.84. The van der Waals surface area contributed by atoms with Crippen molar-refractivity contribution >= 4 is 11.6 Å². The molecule has 0 bridgehead atoms. The van der Waals surface area contributed by atoms with Gasteiger partial charge in [-0.05, 0) is 40.3 Å². The zero-order valence-corrected chi connectivity index (χ0v) is 14.2. The van der Waals surface area contributed by atoms with Gasteiger partial charge < -0.3 is 15.5 Å². The Morgan fingerprint density at radius 2 is 1.81 bits per heavy atom. The van der Waals surface area contributed by atoms with Gasteiger partial charge in [0.25, 0.3) is 0 Å². The van der Waals surface area contributed by atoms with E-state index in [0.717, 1.165) is 29.6 Å². The number of nitrogens with one attached hydrogen (secondary N) is 2. The van der Waals surface area contributed by atoms with Crippen molar-refractivity contribution in [2.24, 2.45) is 0 Å². The largest absolute Gasteiger partial charge is 0.373 e. The zero-order chi connectivity index (χ0) is 15.6. The Balaban J connectivity index is 2.21. The van der Waals surface area contributed by atoms with Crippen molar-refractivity contribution in [3.8, 4) is 0 Å². The summed E-state index contributed by atoms with van der Waals surface area (Å²) in [6.45, 7) is 7.27. The molecule has 0 saturated heterocycles. The first-order chi connectivity index (χ1) is 9.89. The maximum absolute atomic E-state index is 4.72. The third-order valence-electron chi connectivity index (χ3n) is 4.73. The molecular formula is C16H29N5. The van der Waals surface area contributed by atoms with Gasteiger partial charge in [-0.25, -0.2) is 9.97 Å². The summed E-state index contributed by atoms with van der Waals surface area (Å²) in [5.41, 5.74) is 1.38. The SMILES string of the molecule is CNc1nc(C(C)C)nc(NCC2(N(C)C)CCC2)c1C. The number of aromatic nitrogens is 2. The van der Waals surface area contributed by atoms with Gasteiger partial charge in [-0.3, -0.25) is 0 Å². The first kappa shape index (κ1) is 16.0. The monoisotopic (exact) mass is 291 g/mol. The molecule has 0 aromatic carbocycles. The van der Waals surface area contributed by atoms with Crippen molar-refractivity contribution < 1.29 is 0 Å². The summed E-state index contributed by atoms with van der Waals surface area (Å²) in [4.78, 5) is 11.7. The molecule has 1 heterocycles. The molecule has 0 aliphatic heterocycles. The van der Waals surface area contributed by atoms with Crippen molar-refractivity contribution in [1.82, 2.24) is 14.9 Å². The van der Waals surface area contributed by atoms with Crippen LogP contribution >= 0.6 is 0 Å². The molecule has 118 valence electrons. The smallest absolute Gasteiger partial charge is 0.135 e. The molecule has 1 fully saturated rings. The van der Waals surface area contributed by atoms with Crippen LogP contribution in [0.5, 0.6) is 0 Å². The highest BCUT2D eigenvalue weighted by atomic mass is 15.2. The minimum atomic E-state index is 0.287. The summed E-state index contributed by atoms with van der Waals surface area (Å²) in [5.74, 6) is 3.10. The van der Waals surface area contributed by atoms with Gasteiger partial charge >= 0.3 is 0 Å². The van der Waals surface area contributed by atoms with Gasteiger partial charge in [0.05, 0.1) is 0 Å². The molecule has 1 aliphatic carbocycles. The van der Waals surface area contributed by atoms with Gasteiger partial charge in [0, 0.05) is 30.6 Å². The predicted molar refractivity (Wildman–Crippen MR) is 89.2 cm³/mol. The molecule has 1 aromatic rings. The molecular weight excluding hydrogens is 262 g/mol. The van der Waals surface area contributed by atoms with Crippen molar-refractivity contribution in [3.63, 3.8) is 0 Å². The van der Waals surface area contributed by atoms with Crippen LogP contribution in [0.25, 0.3) is 0 Å². The van der Waals surface area contributed by atoms with Crippen LogP contribution in [0.4, 0.5) is 11.6 Å². The lowest BCUT2D eigenvalue weighted by molar-refractivity contribution is 0.0738. The van der Waals surface area contributed by atoms with Crippen LogP contribution in [0.1, 0.15) is 50.4 Å². The van der Waals surface area contributed by atoms with Crippen molar-refractivity contribution in [2.75, 3.05) is 38.3 Å². The van der Waals surface area contributed by atoms with Crippen LogP contribution < -0.4 is 10.6 Å². The zero-order valence-electron chi connectivity index (χ0n) is 14.2. The molecule has 1 aliphatic rings. The van der Waals surface area contributed by atoms with Gasteiger partial charge in [0.1, 0.15) is 17.5 Å². The fourth-order valence-electron chi connectivity index (χ4n) is 2.82. The summed E-state index contributed by atoms with van der Waals surface area (Å²) < 4.78 is 0. The molecule has 0 unspecified atom stereocenters. The van der Waals surface area contributed by atoms with Gasteiger partial charge in [0.15, 0.2) is 0 Å². The van der Waals surface area contributed by atoms with E-state index in [4.69, 9.17) is 4.98 Å². The minimum absolute atomic E-state index is 0.287.